The van der Waals surface area contributed by atoms with Gasteiger partial charge in [-0.25, -0.2) is 4.98 Å². The Morgan fingerprint density at radius 2 is 1.78 bits per heavy atom. The third-order valence-corrected chi connectivity index (χ3v) is 4.20. The van der Waals surface area contributed by atoms with Gasteiger partial charge in [0.1, 0.15) is 11.0 Å². The average molecular weight is 270 g/mol. The van der Waals surface area contributed by atoms with Crippen molar-refractivity contribution >= 4 is 11.6 Å². The molecular formula is C14H24ClN3. The number of imidazole rings is 1. The first-order valence-corrected chi connectivity index (χ1v) is 7.35. The van der Waals surface area contributed by atoms with Gasteiger partial charge in [-0.1, -0.05) is 11.6 Å². The van der Waals surface area contributed by atoms with E-state index >= 15 is 0 Å². The highest BCUT2D eigenvalue weighted by Gasteiger charge is 2.26. The minimum atomic E-state index is 0.387. The molecule has 0 saturated carbocycles. The Kier molecular flexibility index (Phi) is 4.33. The SMILES string of the molecule is CC(C)N1CCC(c2ncc(Cl)n2C(C)C)CC1. The van der Waals surface area contributed by atoms with Gasteiger partial charge in [-0.3, -0.25) is 0 Å². The molecule has 0 spiro atoms. The average Bonchev–Trinajstić information content (AvgIpc) is 2.71. The number of rotatable bonds is 3. The molecule has 1 aliphatic rings. The van der Waals surface area contributed by atoms with E-state index in [1.165, 1.54) is 31.8 Å². The van der Waals surface area contributed by atoms with E-state index in [9.17, 15) is 0 Å². The monoisotopic (exact) mass is 269 g/mol. The van der Waals surface area contributed by atoms with Gasteiger partial charge in [0.2, 0.25) is 0 Å². The third-order valence-electron chi connectivity index (χ3n) is 3.92. The van der Waals surface area contributed by atoms with Gasteiger partial charge in [-0.2, -0.15) is 0 Å². The van der Waals surface area contributed by atoms with E-state index in [0.29, 0.717) is 18.0 Å². The molecule has 18 heavy (non-hydrogen) atoms. The molecule has 2 heterocycles. The highest BCUT2D eigenvalue weighted by atomic mass is 35.5. The highest BCUT2D eigenvalue weighted by molar-refractivity contribution is 6.29. The molecule has 3 nitrogen and oxygen atoms in total. The second-order valence-corrected chi connectivity index (χ2v) is 6.19. The van der Waals surface area contributed by atoms with Crippen molar-refractivity contribution in [2.75, 3.05) is 13.1 Å². The van der Waals surface area contributed by atoms with Crippen LogP contribution in [-0.2, 0) is 0 Å². The predicted molar refractivity (Wildman–Crippen MR) is 76.3 cm³/mol. The second-order valence-electron chi connectivity index (χ2n) is 5.81. The van der Waals surface area contributed by atoms with E-state index in [2.05, 4.69) is 42.1 Å². The molecule has 1 aromatic heterocycles. The van der Waals surface area contributed by atoms with Crippen LogP contribution in [0.2, 0.25) is 5.15 Å². The van der Waals surface area contributed by atoms with Gasteiger partial charge in [-0.15, -0.1) is 0 Å². The summed E-state index contributed by atoms with van der Waals surface area (Å²) in [5, 5.41) is 0.770. The lowest BCUT2D eigenvalue weighted by Gasteiger charge is -2.34. The van der Waals surface area contributed by atoms with Crippen molar-refractivity contribution < 1.29 is 0 Å². The Labute approximate surface area is 115 Å². The molecule has 1 aromatic rings. The Hall–Kier alpha value is -0.540. The zero-order valence-corrected chi connectivity index (χ0v) is 12.6. The highest BCUT2D eigenvalue weighted by Crippen LogP contribution is 2.31. The molecule has 4 heteroatoms. The molecule has 0 amide bonds. The number of nitrogens with zero attached hydrogens (tertiary/aromatic N) is 3. The summed E-state index contributed by atoms with van der Waals surface area (Å²) < 4.78 is 2.18. The Morgan fingerprint density at radius 3 is 2.28 bits per heavy atom. The summed E-state index contributed by atoms with van der Waals surface area (Å²) in [5.74, 6) is 1.74. The van der Waals surface area contributed by atoms with Gasteiger partial charge in [0.05, 0.1) is 6.20 Å². The van der Waals surface area contributed by atoms with E-state index in [4.69, 9.17) is 11.6 Å². The summed E-state index contributed by atoms with van der Waals surface area (Å²) in [7, 11) is 0. The molecule has 0 aliphatic carbocycles. The lowest BCUT2D eigenvalue weighted by atomic mass is 9.95. The van der Waals surface area contributed by atoms with Crippen molar-refractivity contribution in [3.63, 3.8) is 0 Å². The maximum atomic E-state index is 6.23. The van der Waals surface area contributed by atoms with Gasteiger partial charge < -0.3 is 9.47 Å². The van der Waals surface area contributed by atoms with Crippen LogP contribution >= 0.6 is 11.6 Å². The minimum absolute atomic E-state index is 0.387. The van der Waals surface area contributed by atoms with Gasteiger partial charge in [0.25, 0.3) is 0 Å². The standard InChI is InChI=1S/C14H24ClN3/c1-10(2)17-7-5-12(6-8-17)14-16-9-13(15)18(14)11(3)4/h9-12H,5-8H2,1-4H3. The fourth-order valence-electron chi connectivity index (χ4n) is 2.84. The van der Waals surface area contributed by atoms with Crippen LogP contribution in [0.4, 0.5) is 0 Å². The summed E-state index contributed by atoms with van der Waals surface area (Å²) >= 11 is 6.23. The van der Waals surface area contributed by atoms with Crippen LogP contribution in [0.3, 0.4) is 0 Å². The third kappa shape index (κ3) is 2.72. The van der Waals surface area contributed by atoms with E-state index in [1.54, 1.807) is 6.20 Å². The molecule has 0 aromatic carbocycles. The van der Waals surface area contributed by atoms with Crippen molar-refractivity contribution in [2.24, 2.45) is 0 Å². The van der Waals surface area contributed by atoms with E-state index in [-0.39, 0.29) is 0 Å². The fraction of sp³-hybridized carbons (Fsp3) is 0.786. The molecule has 0 N–H and O–H groups in total. The van der Waals surface area contributed by atoms with Crippen LogP contribution in [0.15, 0.2) is 6.20 Å². The smallest absolute Gasteiger partial charge is 0.129 e. The first-order valence-electron chi connectivity index (χ1n) is 6.97. The molecule has 0 atom stereocenters. The lowest BCUT2D eigenvalue weighted by molar-refractivity contribution is 0.168. The first kappa shape index (κ1) is 13.9. The molecule has 1 saturated heterocycles. The zero-order chi connectivity index (χ0) is 13.3. The molecule has 2 rings (SSSR count). The maximum absolute atomic E-state index is 6.23. The molecule has 1 aliphatic heterocycles. The molecule has 0 unspecified atom stereocenters. The maximum Gasteiger partial charge on any atom is 0.129 e. The van der Waals surface area contributed by atoms with Crippen molar-refractivity contribution in [3.8, 4) is 0 Å². The number of piperidine rings is 1. The van der Waals surface area contributed by atoms with Crippen molar-refractivity contribution in [1.82, 2.24) is 14.5 Å². The minimum Gasteiger partial charge on any atom is -0.316 e. The topological polar surface area (TPSA) is 21.1 Å². The quantitative estimate of drug-likeness (QED) is 0.834. The second kappa shape index (κ2) is 5.62. The van der Waals surface area contributed by atoms with Crippen LogP contribution in [0.25, 0.3) is 0 Å². The molecule has 0 radical (unpaired) electrons. The number of hydrogen-bond donors (Lipinski definition) is 0. The summed E-state index contributed by atoms with van der Waals surface area (Å²) in [6.07, 6.45) is 4.18. The lowest BCUT2D eigenvalue weighted by Crippen LogP contribution is -2.38. The van der Waals surface area contributed by atoms with Gasteiger partial charge >= 0.3 is 0 Å². The number of likely N-dealkylation sites (tertiary alicyclic amines) is 1. The number of halogens is 1. The van der Waals surface area contributed by atoms with Gasteiger partial charge in [-0.05, 0) is 53.6 Å². The summed E-state index contributed by atoms with van der Waals surface area (Å²) in [4.78, 5) is 7.09. The Balaban J connectivity index is 2.10. The van der Waals surface area contributed by atoms with Crippen LogP contribution in [-0.4, -0.2) is 33.6 Å². The molecule has 0 bridgehead atoms. The molecular weight excluding hydrogens is 246 g/mol. The van der Waals surface area contributed by atoms with E-state index in [0.717, 1.165) is 5.15 Å². The van der Waals surface area contributed by atoms with Crippen LogP contribution in [0.1, 0.15) is 58.3 Å². The first-order chi connectivity index (χ1) is 8.50. The number of hydrogen-bond acceptors (Lipinski definition) is 2. The zero-order valence-electron chi connectivity index (χ0n) is 11.9. The number of aromatic nitrogens is 2. The largest absolute Gasteiger partial charge is 0.316 e. The molecule has 1 fully saturated rings. The summed E-state index contributed by atoms with van der Waals surface area (Å²) in [5.41, 5.74) is 0. The van der Waals surface area contributed by atoms with E-state index in [1.807, 2.05) is 0 Å². The van der Waals surface area contributed by atoms with Gasteiger partial charge in [0, 0.05) is 18.0 Å². The summed E-state index contributed by atoms with van der Waals surface area (Å²) in [6, 6.07) is 1.04. The normalized spacial score (nSPS) is 19.1. The van der Waals surface area contributed by atoms with Crippen LogP contribution < -0.4 is 0 Å². The van der Waals surface area contributed by atoms with Crippen molar-refractivity contribution in [2.45, 2.75) is 58.5 Å². The fourth-order valence-corrected chi connectivity index (χ4v) is 3.17. The predicted octanol–water partition coefficient (Wildman–Crippen LogP) is 3.71. The molecule has 102 valence electrons. The van der Waals surface area contributed by atoms with Crippen molar-refractivity contribution in [3.05, 3.63) is 17.2 Å². The van der Waals surface area contributed by atoms with Crippen LogP contribution in [0, 0.1) is 0 Å². The van der Waals surface area contributed by atoms with Gasteiger partial charge in [0.15, 0.2) is 0 Å². The van der Waals surface area contributed by atoms with E-state index < -0.39 is 0 Å². The van der Waals surface area contributed by atoms with Crippen molar-refractivity contribution in [1.29, 1.82) is 0 Å². The summed E-state index contributed by atoms with van der Waals surface area (Å²) in [6.45, 7) is 11.2. The van der Waals surface area contributed by atoms with Crippen LogP contribution in [0.5, 0.6) is 0 Å². The Bertz CT molecular complexity index is 390. The Morgan fingerprint density at radius 1 is 1.17 bits per heavy atom.